The van der Waals surface area contributed by atoms with E-state index in [0.717, 1.165) is 12.3 Å². The first-order valence-corrected chi connectivity index (χ1v) is 22.5. The molecule has 2 bridgehead atoms. The molecule has 4 aromatic rings. The Hall–Kier alpha value is -3.35. The van der Waals surface area contributed by atoms with Crippen LogP contribution in [0.4, 0.5) is 0 Å². The van der Waals surface area contributed by atoms with Gasteiger partial charge in [-0.1, -0.05) is 113 Å². The average Bonchev–Trinajstić information content (AvgIpc) is 3.52. The van der Waals surface area contributed by atoms with E-state index in [2.05, 4.69) is 84.9 Å². The number of Topliss-reactive ketones (excluding diaryl/α,β-unsaturated/α-hetero) is 1. The number of ketones is 1. The fraction of sp³-hybridized carbons (Fsp3) is 0.457. The highest BCUT2D eigenvalue weighted by Gasteiger charge is 2.65. The highest BCUT2D eigenvalue weighted by atomic mass is 32.2. The van der Waals surface area contributed by atoms with Gasteiger partial charge in [0.1, 0.15) is 11.5 Å². The maximum absolute atomic E-state index is 12.8. The van der Waals surface area contributed by atoms with Crippen molar-refractivity contribution in [1.29, 1.82) is 0 Å². The number of carbonyl (C=O) groups excluding carboxylic acids is 1. The summed E-state index contributed by atoms with van der Waals surface area (Å²) in [6, 6.07) is 38.8. The second-order valence-corrected chi connectivity index (χ2v) is 19.8. The largest absolute Gasteiger partial charge is 0.382 e. The van der Waals surface area contributed by atoms with Crippen LogP contribution in [0.3, 0.4) is 0 Å². The topological polar surface area (TPSA) is 60.4 Å². The molecule has 8 rings (SSSR count). The van der Waals surface area contributed by atoms with Gasteiger partial charge in [0.05, 0.1) is 22.1 Å². The van der Waals surface area contributed by atoms with Crippen LogP contribution in [0.15, 0.2) is 124 Å². The lowest BCUT2D eigenvalue weighted by atomic mass is 9.70. The molecule has 2 atom stereocenters. The van der Waals surface area contributed by atoms with E-state index in [4.69, 9.17) is 4.18 Å². The quantitative estimate of drug-likeness (QED) is 0.127. The van der Waals surface area contributed by atoms with Crippen LogP contribution in [0.2, 0.25) is 0 Å². The maximum Gasteiger partial charge on any atom is 0.310 e. The van der Waals surface area contributed by atoms with E-state index >= 15 is 0 Å². The van der Waals surface area contributed by atoms with Crippen LogP contribution < -0.4 is 4.18 Å². The third kappa shape index (κ3) is 7.94. The van der Waals surface area contributed by atoms with E-state index in [9.17, 15) is 13.2 Å². The van der Waals surface area contributed by atoms with E-state index in [0.29, 0.717) is 30.4 Å². The van der Waals surface area contributed by atoms with Gasteiger partial charge >= 0.3 is 10.1 Å². The molecular formula is C46H55O4S2+. The van der Waals surface area contributed by atoms with Gasteiger partial charge in [-0.3, -0.25) is 4.79 Å². The summed E-state index contributed by atoms with van der Waals surface area (Å²) in [5.41, 5.74) is 1.75. The normalized spacial score (nSPS) is 23.3. The van der Waals surface area contributed by atoms with Crippen molar-refractivity contribution in [3.8, 4) is 5.75 Å². The third-order valence-electron chi connectivity index (χ3n) is 12.9. The second kappa shape index (κ2) is 15.9. The summed E-state index contributed by atoms with van der Waals surface area (Å²) in [6.45, 7) is 4.09. The van der Waals surface area contributed by atoms with E-state index in [1.165, 1.54) is 90.0 Å². The zero-order valence-electron chi connectivity index (χ0n) is 31.0. The Morgan fingerprint density at radius 2 is 1.08 bits per heavy atom. The summed E-state index contributed by atoms with van der Waals surface area (Å²) < 4.78 is 31.0. The predicted octanol–water partition coefficient (Wildman–Crippen LogP) is 11.7. The minimum absolute atomic E-state index is 0.0278. The molecule has 0 N–H and O–H groups in total. The van der Waals surface area contributed by atoms with E-state index in [-0.39, 0.29) is 27.8 Å². The van der Waals surface area contributed by atoms with Crippen molar-refractivity contribution in [1.82, 2.24) is 0 Å². The van der Waals surface area contributed by atoms with Crippen molar-refractivity contribution in [2.45, 2.75) is 124 Å². The molecule has 2 unspecified atom stereocenters. The molecule has 4 saturated carbocycles. The van der Waals surface area contributed by atoms with Crippen molar-refractivity contribution in [3.05, 3.63) is 120 Å². The van der Waals surface area contributed by atoms with Gasteiger partial charge in [0.25, 0.3) is 0 Å². The molecule has 6 heteroatoms. The summed E-state index contributed by atoms with van der Waals surface area (Å²) in [5.74, 6) is 1.91. The third-order valence-corrected chi connectivity index (χ3v) is 16.4. The summed E-state index contributed by atoms with van der Waals surface area (Å²) >= 11 is 0. The van der Waals surface area contributed by atoms with E-state index < -0.39 is 15.5 Å². The zero-order chi connectivity index (χ0) is 36.2. The van der Waals surface area contributed by atoms with Crippen molar-refractivity contribution in [2.24, 2.45) is 16.7 Å². The molecule has 0 amide bonds. The van der Waals surface area contributed by atoms with Gasteiger partial charge in [0.2, 0.25) is 0 Å². The molecule has 4 nitrogen and oxygen atoms in total. The van der Waals surface area contributed by atoms with Gasteiger partial charge in [-0.05, 0) is 121 Å². The Bertz CT molecular complexity index is 1840. The second-order valence-electron chi connectivity index (χ2n) is 16.2. The molecule has 52 heavy (non-hydrogen) atoms. The number of benzene rings is 4. The maximum atomic E-state index is 12.8. The molecule has 0 aliphatic heterocycles. The number of hydrogen-bond donors (Lipinski definition) is 0. The summed E-state index contributed by atoms with van der Waals surface area (Å²) in [5, 5.41) is 0. The predicted molar refractivity (Wildman–Crippen MR) is 213 cm³/mol. The summed E-state index contributed by atoms with van der Waals surface area (Å²) in [4.78, 5) is 16.8. The zero-order valence-corrected chi connectivity index (χ0v) is 32.6. The van der Waals surface area contributed by atoms with E-state index in [1.807, 2.05) is 26.0 Å². The molecule has 274 valence electrons. The fourth-order valence-corrected chi connectivity index (χ4v) is 13.5. The minimum atomic E-state index is -3.82. The highest BCUT2D eigenvalue weighted by molar-refractivity contribution is 7.97. The van der Waals surface area contributed by atoms with Crippen LogP contribution in [0.1, 0.15) is 120 Å². The molecule has 0 saturated heterocycles. The van der Waals surface area contributed by atoms with Crippen LogP contribution in [0, 0.1) is 16.7 Å². The van der Waals surface area contributed by atoms with Crippen LogP contribution in [-0.2, 0) is 25.8 Å². The average molecular weight is 736 g/mol. The van der Waals surface area contributed by atoms with Crippen LogP contribution >= 0.6 is 0 Å². The van der Waals surface area contributed by atoms with E-state index in [1.54, 1.807) is 12.1 Å². The molecular weight excluding hydrogens is 681 g/mol. The lowest BCUT2D eigenvalue weighted by Crippen LogP contribution is -2.43. The van der Waals surface area contributed by atoms with Gasteiger partial charge in [0, 0.05) is 6.42 Å². The molecule has 4 aliphatic rings. The Labute approximate surface area is 315 Å². The van der Waals surface area contributed by atoms with Gasteiger partial charge in [-0.25, -0.2) is 0 Å². The lowest BCUT2D eigenvalue weighted by molar-refractivity contribution is -0.128. The van der Waals surface area contributed by atoms with Crippen LogP contribution in [0.5, 0.6) is 5.75 Å². The highest BCUT2D eigenvalue weighted by Crippen LogP contribution is 2.64. The number of hydrogen-bond acceptors (Lipinski definition) is 4. The molecule has 0 aromatic heterocycles. The number of fused-ring (bicyclic) bond motifs is 2. The van der Waals surface area contributed by atoms with Gasteiger partial charge in [-0.2, -0.15) is 8.42 Å². The number of carbonyl (C=O) groups is 1. The molecule has 4 fully saturated rings. The first-order valence-electron chi connectivity index (χ1n) is 19.6. The van der Waals surface area contributed by atoms with Crippen molar-refractivity contribution in [2.75, 3.05) is 5.75 Å². The molecule has 4 aliphatic carbocycles. The Morgan fingerprint density at radius 1 is 0.615 bits per heavy atom. The summed E-state index contributed by atoms with van der Waals surface area (Å²) in [7, 11) is -3.85. The Morgan fingerprint density at radius 3 is 1.52 bits per heavy atom. The standard InChI is InChI=1S/C24H25S.C22H30O4S/c1-4-10-20(11-5-1)21-16-18-24(19-17-21)25(22-12-6-2-7-13-22)23-14-8-3-9-15-23;1-21(2)18-12-13-22(21,20(23)14-18)15-27(24,25)26-19-10-8-17(9-11-19)16-6-4-3-5-7-16/h2-3,6-9,12-20H,1,4-5,10-11H2;8-11,16,18H,3-7,12-15H2,1-2H3/q+1;. The first kappa shape index (κ1) is 37.0. The molecule has 0 spiro atoms. The van der Waals surface area contributed by atoms with Crippen molar-refractivity contribution >= 4 is 26.8 Å². The molecule has 4 aromatic carbocycles. The molecule has 0 heterocycles. The van der Waals surface area contributed by atoms with Crippen LogP contribution in [0.25, 0.3) is 0 Å². The Kier molecular flexibility index (Phi) is 11.3. The fourth-order valence-electron chi connectivity index (χ4n) is 9.65. The van der Waals surface area contributed by atoms with Gasteiger partial charge < -0.3 is 4.18 Å². The SMILES string of the molecule is CC1(C)C2CCC1(CS(=O)(=O)Oc1ccc(C3CCCCC3)cc1)C(=O)C2.c1ccc([S+](c2ccccc2)c2ccc(C3CCCCC3)cc2)cc1. The lowest BCUT2D eigenvalue weighted by Gasteiger charge is -2.35. The Balaban J connectivity index is 0.000000162. The first-order chi connectivity index (χ1) is 25.2. The monoisotopic (exact) mass is 735 g/mol. The molecule has 0 radical (unpaired) electrons. The van der Waals surface area contributed by atoms with Crippen molar-refractivity contribution in [3.63, 3.8) is 0 Å². The minimum Gasteiger partial charge on any atom is -0.382 e. The van der Waals surface area contributed by atoms with Gasteiger partial charge in [-0.15, -0.1) is 0 Å². The summed E-state index contributed by atoms with van der Waals surface area (Å²) in [6.07, 6.45) is 15.3. The van der Waals surface area contributed by atoms with Gasteiger partial charge in [0.15, 0.2) is 14.7 Å². The smallest absolute Gasteiger partial charge is 0.310 e. The van der Waals surface area contributed by atoms with Crippen molar-refractivity contribution < 1.29 is 17.4 Å². The van der Waals surface area contributed by atoms with Crippen LogP contribution in [-0.4, -0.2) is 20.0 Å². The number of rotatable bonds is 9.